The molecular weight excluding hydrogens is 258 g/mol. The molecule has 1 saturated carbocycles. The summed E-state index contributed by atoms with van der Waals surface area (Å²) in [6, 6.07) is 7.38. The van der Waals surface area contributed by atoms with Gasteiger partial charge in [-0.05, 0) is 37.1 Å². The number of nitrogens with one attached hydrogen (secondary N) is 1. The number of amides is 1. The van der Waals surface area contributed by atoms with Gasteiger partial charge in [0, 0.05) is 9.92 Å². The van der Waals surface area contributed by atoms with Crippen LogP contribution in [-0.2, 0) is 4.79 Å². The van der Waals surface area contributed by atoms with E-state index in [1.807, 2.05) is 12.1 Å². The van der Waals surface area contributed by atoms with Gasteiger partial charge >= 0.3 is 0 Å². The van der Waals surface area contributed by atoms with E-state index in [1.165, 1.54) is 11.8 Å². The fraction of sp³-hybridized carbons (Fsp3) is 0.417. The molecule has 0 unspecified atom stereocenters. The number of thioether (sulfide) groups is 1. The van der Waals surface area contributed by atoms with Crippen LogP contribution in [0.15, 0.2) is 29.2 Å². The molecule has 0 aliphatic heterocycles. The Labute approximate surface area is 110 Å². The number of carbonyl (C=O) groups is 1. The summed E-state index contributed by atoms with van der Waals surface area (Å²) in [5, 5.41) is 12.6. The summed E-state index contributed by atoms with van der Waals surface area (Å²) < 4.78 is 0. The van der Waals surface area contributed by atoms with Crippen LogP contribution < -0.4 is 5.32 Å². The van der Waals surface area contributed by atoms with Crippen LogP contribution in [0.25, 0.3) is 0 Å². The quantitative estimate of drug-likeness (QED) is 0.806. The predicted octanol–water partition coefficient (Wildman–Crippen LogP) is 2.07. The maximum atomic E-state index is 11.6. The zero-order valence-electron chi connectivity index (χ0n) is 9.28. The Balaban J connectivity index is 1.78. The lowest BCUT2D eigenvalue weighted by atomic mass is 10.3. The molecule has 1 aromatic rings. The minimum atomic E-state index is -0.322. The summed E-state index contributed by atoms with van der Waals surface area (Å²) in [4.78, 5) is 12.6. The summed E-state index contributed by atoms with van der Waals surface area (Å²) in [5.41, 5.74) is -0.322. The molecule has 0 radical (unpaired) electrons. The maximum Gasteiger partial charge on any atom is 0.230 e. The third-order valence-electron chi connectivity index (χ3n) is 2.74. The van der Waals surface area contributed by atoms with E-state index in [4.69, 9.17) is 16.7 Å². The molecule has 17 heavy (non-hydrogen) atoms. The lowest BCUT2D eigenvalue weighted by Gasteiger charge is -2.13. The molecule has 2 rings (SSSR count). The van der Waals surface area contributed by atoms with Gasteiger partial charge in [0.1, 0.15) is 0 Å². The maximum absolute atomic E-state index is 11.6. The summed E-state index contributed by atoms with van der Waals surface area (Å²) in [6.07, 6.45) is 1.75. The third kappa shape index (κ3) is 3.63. The Hall–Kier alpha value is -0.710. The van der Waals surface area contributed by atoms with E-state index in [2.05, 4.69) is 5.32 Å². The van der Waals surface area contributed by atoms with Crippen molar-refractivity contribution in [3.05, 3.63) is 29.3 Å². The van der Waals surface area contributed by atoms with Crippen molar-refractivity contribution in [3.63, 3.8) is 0 Å². The Bertz CT molecular complexity index is 403. The van der Waals surface area contributed by atoms with E-state index >= 15 is 0 Å². The summed E-state index contributed by atoms with van der Waals surface area (Å²) in [5.74, 6) is 0.333. The molecule has 5 heteroatoms. The van der Waals surface area contributed by atoms with E-state index in [9.17, 15) is 4.79 Å². The van der Waals surface area contributed by atoms with Crippen molar-refractivity contribution in [2.45, 2.75) is 23.3 Å². The third-order valence-corrected chi connectivity index (χ3v) is 4.01. The van der Waals surface area contributed by atoms with Gasteiger partial charge in [0.05, 0.1) is 17.9 Å². The molecule has 0 atom stereocenters. The van der Waals surface area contributed by atoms with Crippen LogP contribution >= 0.6 is 23.4 Å². The molecule has 0 heterocycles. The van der Waals surface area contributed by atoms with Crippen LogP contribution in [-0.4, -0.2) is 28.9 Å². The molecular formula is C12H14ClNO2S. The average molecular weight is 272 g/mol. The Kier molecular flexibility index (Phi) is 3.97. The molecule has 1 aliphatic rings. The molecule has 1 amide bonds. The molecule has 1 aliphatic carbocycles. The minimum Gasteiger partial charge on any atom is -0.394 e. The van der Waals surface area contributed by atoms with Crippen LogP contribution in [0.4, 0.5) is 0 Å². The van der Waals surface area contributed by atoms with Crippen LogP contribution in [0.2, 0.25) is 5.02 Å². The van der Waals surface area contributed by atoms with Crippen molar-refractivity contribution in [2.24, 2.45) is 0 Å². The lowest BCUT2D eigenvalue weighted by Crippen LogP contribution is -2.40. The van der Waals surface area contributed by atoms with Gasteiger partial charge in [-0.1, -0.05) is 11.6 Å². The van der Waals surface area contributed by atoms with E-state index < -0.39 is 0 Å². The van der Waals surface area contributed by atoms with Crippen molar-refractivity contribution in [1.29, 1.82) is 0 Å². The Morgan fingerprint density at radius 2 is 2.06 bits per heavy atom. The first-order chi connectivity index (χ1) is 8.13. The molecule has 3 nitrogen and oxygen atoms in total. The first-order valence-corrected chi connectivity index (χ1v) is 6.80. The standard InChI is InChI=1S/C12H14ClNO2S/c13-9-1-3-10(4-2-9)17-7-11(16)14-12(8-15)5-6-12/h1-4,15H,5-8H2,(H,14,16). The number of benzene rings is 1. The van der Waals surface area contributed by atoms with Crippen molar-refractivity contribution < 1.29 is 9.90 Å². The number of aliphatic hydroxyl groups is 1. The number of rotatable bonds is 5. The fourth-order valence-corrected chi connectivity index (χ4v) is 2.31. The van der Waals surface area contributed by atoms with Gasteiger partial charge in [-0.2, -0.15) is 0 Å². The van der Waals surface area contributed by atoms with Gasteiger partial charge in [0.15, 0.2) is 0 Å². The highest BCUT2D eigenvalue weighted by molar-refractivity contribution is 8.00. The van der Waals surface area contributed by atoms with Gasteiger partial charge in [-0.3, -0.25) is 4.79 Å². The van der Waals surface area contributed by atoms with Gasteiger partial charge in [-0.25, -0.2) is 0 Å². The van der Waals surface area contributed by atoms with Gasteiger partial charge in [0.2, 0.25) is 5.91 Å². The smallest absolute Gasteiger partial charge is 0.230 e. The van der Waals surface area contributed by atoms with Crippen LogP contribution in [0.1, 0.15) is 12.8 Å². The van der Waals surface area contributed by atoms with Gasteiger partial charge < -0.3 is 10.4 Å². The number of carbonyl (C=O) groups excluding carboxylic acids is 1. The normalized spacial score (nSPS) is 16.6. The second kappa shape index (κ2) is 5.29. The Morgan fingerprint density at radius 3 is 2.59 bits per heavy atom. The van der Waals surface area contributed by atoms with Crippen LogP contribution in [0, 0.1) is 0 Å². The number of hydrogen-bond donors (Lipinski definition) is 2. The average Bonchev–Trinajstić information content (AvgIpc) is 3.09. The van der Waals surface area contributed by atoms with E-state index in [1.54, 1.807) is 12.1 Å². The summed E-state index contributed by atoms with van der Waals surface area (Å²) >= 11 is 7.24. The fourth-order valence-electron chi connectivity index (χ4n) is 1.49. The van der Waals surface area contributed by atoms with Crippen molar-refractivity contribution in [2.75, 3.05) is 12.4 Å². The highest BCUT2D eigenvalue weighted by atomic mass is 35.5. The second-order valence-electron chi connectivity index (χ2n) is 4.23. The molecule has 2 N–H and O–H groups in total. The number of halogens is 1. The zero-order valence-corrected chi connectivity index (χ0v) is 10.9. The topological polar surface area (TPSA) is 49.3 Å². The van der Waals surface area contributed by atoms with E-state index in [0.29, 0.717) is 10.8 Å². The van der Waals surface area contributed by atoms with Crippen molar-refractivity contribution in [1.82, 2.24) is 5.32 Å². The lowest BCUT2D eigenvalue weighted by molar-refractivity contribution is -0.119. The minimum absolute atomic E-state index is 0.0310. The van der Waals surface area contributed by atoms with E-state index in [-0.39, 0.29) is 18.1 Å². The van der Waals surface area contributed by atoms with Gasteiger partial charge in [-0.15, -0.1) is 11.8 Å². The van der Waals surface area contributed by atoms with Crippen LogP contribution in [0.3, 0.4) is 0 Å². The van der Waals surface area contributed by atoms with Crippen molar-refractivity contribution >= 4 is 29.3 Å². The second-order valence-corrected chi connectivity index (χ2v) is 5.71. The zero-order chi connectivity index (χ0) is 12.3. The highest BCUT2D eigenvalue weighted by Crippen LogP contribution is 2.34. The number of hydrogen-bond acceptors (Lipinski definition) is 3. The molecule has 0 bridgehead atoms. The number of aliphatic hydroxyl groups excluding tert-OH is 1. The molecule has 0 saturated heterocycles. The molecule has 1 aromatic carbocycles. The van der Waals surface area contributed by atoms with Crippen LogP contribution in [0.5, 0.6) is 0 Å². The molecule has 92 valence electrons. The summed E-state index contributed by atoms with van der Waals surface area (Å²) in [7, 11) is 0. The predicted molar refractivity (Wildman–Crippen MR) is 69.4 cm³/mol. The first kappa shape index (κ1) is 12.7. The summed E-state index contributed by atoms with van der Waals surface area (Å²) in [6.45, 7) is 0.0321. The highest BCUT2D eigenvalue weighted by Gasteiger charge is 2.43. The molecule has 1 fully saturated rings. The van der Waals surface area contributed by atoms with E-state index in [0.717, 1.165) is 17.7 Å². The first-order valence-electron chi connectivity index (χ1n) is 5.44. The van der Waals surface area contributed by atoms with Gasteiger partial charge in [0.25, 0.3) is 0 Å². The van der Waals surface area contributed by atoms with Crippen molar-refractivity contribution in [3.8, 4) is 0 Å². The Morgan fingerprint density at radius 1 is 1.41 bits per heavy atom. The SMILES string of the molecule is O=C(CSc1ccc(Cl)cc1)NC1(CO)CC1. The monoisotopic (exact) mass is 271 g/mol. The largest absolute Gasteiger partial charge is 0.394 e. The molecule has 0 aromatic heterocycles. The molecule has 0 spiro atoms.